The zero-order chi connectivity index (χ0) is 16.0. The molecule has 0 bridgehead atoms. The zero-order valence-corrected chi connectivity index (χ0v) is 14.2. The molecular formula is C17H22N2O3S. The van der Waals surface area contributed by atoms with E-state index in [2.05, 4.69) is 6.92 Å². The van der Waals surface area contributed by atoms with E-state index in [0.29, 0.717) is 26.3 Å². The summed E-state index contributed by atoms with van der Waals surface area (Å²) in [6, 6.07) is 2.00. The van der Waals surface area contributed by atoms with Crippen LogP contribution in [0.25, 0.3) is 0 Å². The smallest absolute Gasteiger partial charge is 0.235 e. The second-order valence-corrected chi connectivity index (χ2v) is 7.80. The molecule has 0 aliphatic carbocycles. The Morgan fingerprint density at radius 2 is 2.35 bits per heavy atom. The van der Waals surface area contributed by atoms with E-state index in [1.165, 1.54) is 0 Å². The molecule has 2 amide bonds. The third-order valence-electron chi connectivity index (χ3n) is 5.77. The summed E-state index contributed by atoms with van der Waals surface area (Å²) in [5.41, 5.74) is 0.606. The van der Waals surface area contributed by atoms with E-state index in [1.807, 2.05) is 26.6 Å². The molecule has 0 radical (unpaired) electrons. The largest absolute Gasteiger partial charge is 0.381 e. The second kappa shape index (κ2) is 5.60. The minimum Gasteiger partial charge on any atom is -0.381 e. The molecule has 1 aromatic heterocycles. The number of carbonyl (C=O) groups is 2. The van der Waals surface area contributed by atoms with Gasteiger partial charge in [-0.3, -0.25) is 9.59 Å². The van der Waals surface area contributed by atoms with Crippen LogP contribution in [0.15, 0.2) is 16.8 Å². The van der Waals surface area contributed by atoms with Gasteiger partial charge in [0.05, 0.1) is 23.6 Å². The summed E-state index contributed by atoms with van der Waals surface area (Å²) in [6.45, 7) is 5.35. The van der Waals surface area contributed by atoms with Crippen LogP contribution in [0, 0.1) is 17.3 Å². The number of ether oxygens (including phenoxy) is 1. The zero-order valence-electron chi connectivity index (χ0n) is 13.4. The minimum atomic E-state index is -0.392. The number of likely N-dealkylation sites (tertiary alicyclic amines) is 1. The molecule has 1 aromatic rings. The van der Waals surface area contributed by atoms with Crippen LogP contribution >= 0.6 is 11.3 Å². The van der Waals surface area contributed by atoms with Crippen molar-refractivity contribution in [1.82, 2.24) is 4.90 Å². The molecule has 0 aromatic carbocycles. The molecule has 0 unspecified atom stereocenters. The van der Waals surface area contributed by atoms with Crippen molar-refractivity contribution in [2.75, 3.05) is 37.7 Å². The Morgan fingerprint density at radius 3 is 3.04 bits per heavy atom. The summed E-state index contributed by atoms with van der Waals surface area (Å²) in [5.74, 6) is 0.570. The van der Waals surface area contributed by atoms with Crippen molar-refractivity contribution in [3.63, 3.8) is 0 Å². The van der Waals surface area contributed by atoms with Crippen molar-refractivity contribution in [3.8, 4) is 0 Å². The highest BCUT2D eigenvalue weighted by molar-refractivity contribution is 7.08. The van der Waals surface area contributed by atoms with E-state index in [1.54, 1.807) is 11.3 Å². The predicted molar refractivity (Wildman–Crippen MR) is 88.4 cm³/mol. The molecule has 3 aliphatic rings. The van der Waals surface area contributed by atoms with Gasteiger partial charge in [-0.25, -0.2) is 0 Å². The minimum absolute atomic E-state index is 0.0122. The molecule has 0 saturated carbocycles. The Labute approximate surface area is 140 Å². The summed E-state index contributed by atoms with van der Waals surface area (Å²) in [4.78, 5) is 29.6. The number of rotatable bonds is 2. The Bertz CT molecular complexity index is 611. The SMILES string of the molecule is C[C@@H]1CN(C(=O)[C@H]2CCOC2)C[C@]12CCN(c1ccsc1)C2=O. The summed E-state index contributed by atoms with van der Waals surface area (Å²) in [6.07, 6.45) is 1.65. The van der Waals surface area contributed by atoms with Gasteiger partial charge in [0, 0.05) is 31.6 Å². The number of hydrogen-bond donors (Lipinski definition) is 0. The Balaban J connectivity index is 1.53. The lowest BCUT2D eigenvalue weighted by molar-refractivity contribution is -0.135. The molecule has 3 saturated heterocycles. The van der Waals surface area contributed by atoms with Crippen molar-refractivity contribution in [2.24, 2.45) is 17.3 Å². The molecule has 4 rings (SSSR count). The maximum Gasteiger partial charge on any atom is 0.235 e. The molecule has 23 heavy (non-hydrogen) atoms. The molecule has 3 aliphatic heterocycles. The van der Waals surface area contributed by atoms with Gasteiger partial charge in [-0.2, -0.15) is 11.3 Å². The summed E-state index contributed by atoms with van der Waals surface area (Å²) in [5, 5.41) is 4.02. The maximum absolute atomic E-state index is 13.1. The van der Waals surface area contributed by atoms with E-state index in [-0.39, 0.29) is 23.7 Å². The summed E-state index contributed by atoms with van der Waals surface area (Å²) < 4.78 is 5.35. The van der Waals surface area contributed by atoms with Crippen molar-refractivity contribution < 1.29 is 14.3 Å². The fourth-order valence-corrected chi connectivity index (χ4v) is 4.91. The first-order valence-corrected chi connectivity index (χ1v) is 9.27. The fourth-order valence-electron chi connectivity index (χ4n) is 4.27. The third-order valence-corrected chi connectivity index (χ3v) is 6.44. The molecular weight excluding hydrogens is 312 g/mol. The van der Waals surface area contributed by atoms with E-state index < -0.39 is 5.41 Å². The molecule has 1 spiro atoms. The van der Waals surface area contributed by atoms with Gasteiger partial charge in [-0.05, 0) is 30.2 Å². The monoisotopic (exact) mass is 334 g/mol. The lowest BCUT2D eigenvalue weighted by Crippen LogP contribution is -2.41. The summed E-state index contributed by atoms with van der Waals surface area (Å²) >= 11 is 1.61. The standard InChI is InChI=1S/C17H22N2O3S/c1-12-8-18(15(20)13-2-6-22-9-13)11-17(12)4-5-19(16(17)21)14-3-7-23-10-14/h3,7,10,12-13H,2,4-6,8-9,11H2,1H3/t12-,13+,17-/m1/s1. The van der Waals surface area contributed by atoms with Crippen LogP contribution in [0.3, 0.4) is 0 Å². The van der Waals surface area contributed by atoms with Crippen LogP contribution in [-0.2, 0) is 14.3 Å². The highest BCUT2D eigenvalue weighted by atomic mass is 32.1. The number of thiophene rings is 1. The normalized spacial score (nSPS) is 34.0. The molecule has 5 nitrogen and oxygen atoms in total. The topological polar surface area (TPSA) is 49.9 Å². The fraction of sp³-hybridized carbons (Fsp3) is 0.647. The van der Waals surface area contributed by atoms with E-state index in [9.17, 15) is 9.59 Å². The van der Waals surface area contributed by atoms with Gasteiger partial charge >= 0.3 is 0 Å². The van der Waals surface area contributed by atoms with Gasteiger partial charge in [-0.15, -0.1) is 0 Å². The predicted octanol–water partition coefficient (Wildman–Crippen LogP) is 1.99. The number of hydrogen-bond acceptors (Lipinski definition) is 4. The average Bonchev–Trinajstić information content (AvgIpc) is 3.31. The Kier molecular flexibility index (Phi) is 3.69. The lowest BCUT2D eigenvalue weighted by Gasteiger charge is -2.26. The number of nitrogens with zero attached hydrogens (tertiary/aromatic N) is 2. The first-order valence-electron chi connectivity index (χ1n) is 8.32. The highest BCUT2D eigenvalue weighted by Gasteiger charge is 2.56. The van der Waals surface area contributed by atoms with Crippen LogP contribution < -0.4 is 4.90 Å². The van der Waals surface area contributed by atoms with Gasteiger partial charge in [-0.1, -0.05) is 6.92 Å². The van der Waals surface area contributed by atoms with Crippen LogP contribution in [0.1, 0.15) is 19.8 Å². The maximum atomic E-state index is 13.1. The third kappa shape index (κ3) is 2.31. The molecule has 124 valence electrons. The van der Waals surface area contributed by atoms with Gasteiger partial charge in [0.15, 0.2) is 0 Å². The molecule has 3 atom stereocenters. The lowest BCUT2D eigenvalue weighted by atomic mass is 9.78. The number of anilines is 1. The van der Waals surface area contributed by atoms with Gasteiger partial charge in [0.2, 0.25) is 11.8 Å². The van der Waals surface area contributed by atoms with Gasteiger partial charge in [0.1, 0.15) is 0 Å². The van der Waals surface area contributed by atoms with Crippen LogP contribution in [0.5, 0.6) is 0 Å². The highest BCUT2D eigenvalue weighted by Crippen LogP contribution is 2.46. The molecule has 0 N–H and O–H groups in total. The Hall–Kier alpha value is -1.40. The van der Waals surface area contributed by atoms with Crippen LogP contribution in [0.4, 0.5) is 5.69 Å². The molecule has 4 heterocycles. The first kappa shape index (κ1) is 15.1. The summed E-state index contributed by atoms with van der Waals surface area (Å²) in [7, 11) is 0. The van der Waals surface area contributed by atoms with Crippen LogP contribution in [0.2, 0.25) is 0 Å². The quantitative estimate of drug-likeness (QED) is 0.831. The van der Waals surface area contributed by atoms with E-state index in [0.717, 1.165) is 25.1 Å². The van der Waals surface area contributed by atoms with Gasteiger partial charge in [0.25, 0.3) is 0 Å². The van der Waals surface area contributed by atoms with Crippen LogP contribution in [-0.4, -0.2) is 49.6 Å². The van der Waals surface area contributed by atoms with Crippen molar-refractivity contribution in [2.45, 2.75) is 19.8 Å². The Morgan fingerprint density at radius 1 is 1.48 bits per heavy atom. The average molecular weight is 334 g/mol. The first-order chi connectivity index (χ1) is 11.1. The van der Waals surface area contributed by atoms with Crippen molar-refractivity contribution in [3.05, 3.63) is 16.8 Å². The molecule has 3 fully saturated rings. The van der Waals surface area contributed by atoms with Crippen molar-refractivity contribution >= 4 is 28.8 Å². The molecule has 6 heteroatoms. The van der Waals surface area contributed by atoms with Gasteiger partial charge < -0.3 is 14.5 Å². The second-order valence-electron chi connectivity index (χ2n) is 7.02. The van der Waals surface area contributed by atoms with Crippen molar-refractivity contribution in [1.29, 1.82) is 0 Å². The number of carbonyl (C=O) groups excluding carboxylic acids is 2. The van der Waals surface area contributed by atoms with E-state index in [4.69, 9.17) is 4.74 Å². The number of amides is 2. The van der Waals surface area contributed by atoms with E-state index >= 15 is 0 Å².